The van der Waals surface area contributed by atoms with E-state index in [0.717, 1.165) is 17.7 Å². The van der Waals surface area contributed by atoms with Crippen LogP contribution in [0.1, 0.15) is 35.4 Å². The van der Waals surface area contributed by atoms with Crippen LogP contribution in [0.5, 0.6) is 17.2 Å². The summed E-state index contributed by atoms with van der Waals surface area (Å²) in [6.07, 6.45) is 0.976. The number of nitrogens with zero attached hydrogens (tertiary/aromatic N) is 2. The topological polar surface area (TPSA) is 152 Å². The van der Waals surface area contributed by atoms with E-state index in [1.807, 2.05) is 43.3 Å². The summed E-state index contributed by atoms with van der Waals surface area (Å²) in [5, 5.41) is 11.9. The number of allylic oxidation sites excluding steroid dienone is 2. The molecule has 12 nitrogen and oxygen atoms in total. The van der Waals surface area contributed by atoms with Crippen LogP contribution in [0.15, 0.2) is 78.4 Å². The van der Waals surface area contributed by atoms with Crippen molar-refractivity contribution in [2.45, 2.75) is 31.1 Å². The molecular weight excluding hydrogens is 630 g/mol. The molecule has 2 heterocycles. The van der Waals surface area contributed by atoms with Gasteiger partial charge in [0, 0.05) is 5.92 Å². The zero-order chi connectivity index (χ0) is 34.8. The average Bonchev–Trinajstić information content (AvgIpc) is 3.50. The van der Waals surface area contributed by atoms with Crippen molar-refractivity contribution in [1.29, 1.82) is 0 Å². The predicted molar refractivity (Wildman–Crippen MR) is 174 cm³/mol. The summed E-state index contributed by atoms with van der Waals surface area (Å²) >= 11 is 0. The lowest BCUT2D eigenvalue weighted by molar-refractivity contribution is -0.140. The number of hydrazine groups is 1. The van der Waals surface area contributed by atoms with Crippen LogP contribution in [0.25, 0.3) is 0 Å². The van der Waals surface area contributed by atoms with Gasteiger partial charge < -0.3 is 19.3 Å². The van der Waals surface area contributed by atoms with E-state index in [0.29, 0.717) is 27.3 Å². The molecule has 4 aliphatic rings. The Balaban J connectivity index is 1.48. The van der Waals surface area contributed by atoms with Crippen molar-refractivity contribution in [2.75, 3.05) is 26.8 Å². The van der Waals surface area contributed by atoms with Crippen molar-refractivity contribution >= 4 is 35.4 Å². The lowest BCUT2D eigenvalue weighted by Gasteiger charge is -2.50. The second-order valence-corrected chi connectivity index (χ2v) is 12.8. The molecule has 252 valence electrons. The van der Waals surface area contributed by atoms with Gasteiger partial charge in [-0.15, -0.1) is 0 Å². The third-order valence-corrected chi connectivity index (χ3v) is 10.6. The molecule has 49 heavy (non-hydrogen) atoms. The molecule has 6 unspecified atom stereocenters. The third-order valence-electron chi connectivity index (χ3n) is 10.6. The Labute approximate surface area is 282 Å². The number of nitrogens with one attached hydrogen (secondary N) is 1. The number of carbonyl (C=O) groups excluding carboxylic acids is 5. The number of anilines is 1. The number of ether oxygens (including phenoxy) is 3. The van der Waals surface area contributed by atoms with Gasteiger partial charge in [-0.3, -0.25) is 24.6 Å². The lowest BCUT2D eigenvalue weighted by Crippen LogP contribution is -2.53. The summed E-state index contributed by atoms with van der Waals surface area (Å²) in [5.74, 6) is -6.84. The fourth-order valence-corrected chi connectivity index (χ4v) is 8.47. The van der Waals surface area contributed by atoms with E-state index >= 15 is 4.79 Å². The molecule has 2 N–H and O–H groups in total. The first kappa shape index (κ1) is 31.9. The molecule has 12 heteroatoms. The Bertz CT molecular complexity index is 1900. The van der Waals surface area contributed by atoms with Gasteiger partial charge in [0.15, 0.2) is 11.5 Å². The zero-order valence-corrected chi connectivity index (χ0v) is 27.3. The number of fused-ring (bicyclic) bond motifs is 4. The number of methoxy groups -OCH3 is 3. The highest BCUT2D eigenvalue weighted by molar-refractivity contribution is 6.16. The van der Waals surface area contributed by atoms with Crippen LogP contribution in [0.4, 0.5) is 10.5 Å². The minimum Gasteiger partial charge on any atom is -0.502 e. The van der Waals surface area contributed by atoms with E-state index in [9.17, 15) is 24.3 Å². The number of hydrogen-bond acceptors (Lipinski definition) is 10. The van der Waals surface area contributed by atoms with Crippen molar-refractivity contribution in [3.8, 4) is 17.2 Å². The quantitative estimate of drug-likeness (QED) is 0.285. The van der Waals surface area contributed by atoms with E-state index in [2.05, 4.69) is 5.43 Å². The Kier molecular flexibility index (Phi) is 7.69. The minimum atomic E-state index is -1.54. The van der Waals surface area contributed by atoms with Gasteiger partial charge in [-0.1, -0.05) is 59.7 Å². The maximum atomic E-state index is 15.2. The van der Waals surface area contributed by atoms with E-state index in [4.69, 9.17) is 14.2 Å². The summed E-state index contributed by atoms with van der Waals surface area (Å²) in [4.78, 5) is 70.5. The predicted octanol–water partition coefficient (Wildman–Crippen LogP) is 4.47. The highest BCUT2D eigenvalue weighted by Crippen LogP contribution is 2.64. The number of likely N-dealkylation sites (tertiary alicyclic amines) is 1. The van der Waals surface area contributed by atoms with Crippen LogP contribution in [0.2, 0.25) is 0 Å². The number of carbonyl (C=O) groups is 5. The average molecular weight is 666 g/mol. The lowest BCUT2D eigenvalue weighted by atomic mass is 9.49. The van der Waals surface area contributed by atoms with E-state index < -0.39 is 64.7 Å². The first-order valence-electron chi connectivity index (χ1n) is 16.0. The van der Waals surface area contributed by atoms with Crippen LogP contribution < -0.4 is 14.9 Å². The molecule has 1 saturated carbocycles. The number of rotatable bonds is 6. The van der Waals surface area contributed by atoms with Crippen LogP contribution >= 0.6 is 0 Å². The van der Waals surface area contributed by atoms with E-state index in [1.165, 1.54) is 14.2 Å². The Hall–Kier alpha value is -5.65. The second kappa shape index (κ2) is 11.8. The van der Waals surface area contributed by atoms with Gasteiger partial charge in [0.2, 0.25) is 17.6 Å². The maximum absolute atomic E-state index is 15.2. The number of phenolic OH excluding ortho intramolecular Hbond substituents is 1. The molecular formula is C37H35N3O9. The molecule has 5 amide bonds. The summed E-state index contributed by atoms with van der Waals surface area (Å²) in [6, 6.07) is 19.5. The Morgan fingerprint density at radius 1 is 0.878 bits per heavy atom. The highest BCUT2D eigenvalue weighted by atomic mass is 16.5. The van der Waals surface area contributed by atoms with Gasteiger partial charge in [0.05, 0.1) is 50.2 Å². The Morgan fingerprint density at radius 3 is 2.14 bits per heavy atom. The van der Waals surface area contributed by atoms with E-state index in [1.54, 1.807) is 36.4 Å². The van der Waals surface area contributed by atoms with E-state index in [-0.39, 0.29) is 30.1 Å². The second-order valence-electron chi connectivity index (χ2n) is 12.8. The van der Waals surface area contributed by atoms with Crippen molar-refractivity contribution in [3.05, 3.63) is 95.1 Å². The van der Waals surface area contributed by atoms with Gasteiger partial charge in [-0.05, 0) is 61.1 Å². The fourth-order valence-electron chi connectivity index (χ4n) is 8.47. The summed E-state index contributed by atoms with van der Waals surface area (Å²) in [5.41, 5.74) is 4.78. The minimum absolute atomic E-state index is 0.0510. The number of aryl methyl sites for hydroxylation is 1. The van der Waals surface area contributed by atoms with Crippen molar-refractivity contribution < 1.29 is 43.3 Å². The third kappa shape index (κ3) is 4.53. The normalized spacial score (nSPS) is 27.3. The molecule has 6 atom stereocenters. The van der Waals surface area contributed by atoms with Crippen LogP contribution in [-0.4, -0.2) is 66.1 Å². The van der Waals surface area contributed by atoms with Gasteiger partial charge in [-0.25, -0.2) is 4.79 Å². The molecule has 2 aliphatic carbocycles. The summed E-state index contributed by atoms with van der Waals surface area (Å²) in [6.45, 7) is 1.93. The number of phenols is 1. The van der Waals surface area contributed by atoms with Crippen LogP contribution in [0.3, 0.4) is 0 Å². The number of imide groups is 4. The van der Waals surface area contributed by atoms with Gasteiger partial charge in [0.1, 0.15) is 0 Å². The molecule has 0 bridgehead atoms. The molecule has 2 saturated heterocycles. The van der Waals surface area contributed by atoms with Crippen LogP contribution in [-0.2, 0) is 29.3 Å². The number of aromatic hydroxyl groups is 1. The van der Waals surface area contributed by atoms with Crippen molar-refractivity contribution in [2.24, 2.45) is 23.7 Å². The molecule has 3 aromatic rings. The fraction of sp³-hybridized carbons (Fsp3) is 0.324. The molecule has 3 aromatic carbocycles. The van der Waals surface area contributed by atoms with Crippen LogP contribution in [0, 0.1) is 30.6 Å². The molecule has 3 fully saturated rings. The van der Waals surface area contributed by atoms with Gasteiger partial charge in [-0.2, -0.15) is 9.91 Å². The molecule has 0 radical (unpaired) electrons. The number of benzene rings is 3. The largest absolute Gasteiger partial charge is 0.502 e. The number of amides is 5. The maximum Gasteiger partial charge on any atom is 0.423 e. The first-order chi connectivity index (χ1) is 23.6. The standard InChI is InChI=1S/C37H35N3O9/c1-19-10-12-22(13-11-19)38-40-33(43)26-18-25-23(14-15-24-29(25)34(44)39(32(24)42)36(46)49-4)30(20-16-27(47-2)31(41)28(17-20)48-3)37(26,35(40)45)21-8-6-5-7-9-21/h5-14,16-17,24-26,29-30,38,41H,15,18H2,1-4H3. The summed E-state index contributed by atoms with van der Waals surface area (Å²) < 4.78 is 15.9. The Morgan fingerprint density at radius 2 is 1.53 bits per heavy atom. The molecule has 2 aliphatic heterocycles. The summed E-state index contributed by atoms with van der Waals surface area (Å²) in [7, 11) is 3.89. The number of hydrogen-bond donors (Lipinski definition) is 2. The van der Waals surface area contributed by atoms with Gasteiger partial charge in [0.25, 0.3) is 11.8 Å². The molecule has 0 aromatic heterocycles. The first-order valence-corrected chi connectivity index (χ1v) is 16.0. The zero-order valence-electron chi connectivity index (χ0n) is 27.3. The molecule has 7 rings (SSSR count). The SMILES string of the molecule is COC(=O)N1C(=O)C2CC=C3C(CC4C(=O)N(Nc5ccc(C)cc5)C(=O)C4(c4ccccc4)C3c3cc(OC)c(O)c(OC)c3)C2C1=O. The van der Waals surface area contributed by atoms with Crippen molar-refractivity contribution in [3.63, 3.8) is 0 Å². The molecule has 0 spiro atoms. The highest BCUT2D eigenvalue weighted by Gasteiger charge is 2.70. The smallest absolute Gasteiger partial charge is 0.423 e. The van der Waals surface area contributed by atoms with Gasteiger partial charge >= 0.3 is 6.09 Å². The monoisotopic (exact) mass is 665 g/mol. The van der Waals surface area contributed by atoms with Crippen molar-refractivity contribution in [1.82, 2.24) is 9.91 Å².